The van der Waals surface area contributed by atoms with Crippen molar-refractivity contribution < 1.29 is 9.53 Å². The monoisotopic (exact) mass is 341 g/mol. The van der Waals surface area contributed by atoms with Crippen LogP contribution < -0.4 is 4.74 Å². The van der Waals surface area contributed by atoms with E-state index < -0.39 is 0 Å². The van der Waals surface area contributed by atoms with Gasteiger partial charge in [-0.25, -0.2) is 4.98 Å². The topological polar surface area (TPSA) is 55.3 Å². The Labute approximate surface area is 127 Å². The lowest BCUT2D eigenvalue weighted by atomic mass is 10.1. The van der Waals surface area contributed by atoms with Crippen LogP contribution in [0.1, 0.15) is 31.5 Å². The van der Waals surface area contributed by atoms with E-state index in [1.54, 1.807) is 12.3 Å². The number of alkyl halides is 1. The Morgan fingerprint density at radius 2 is 2.45 bits per heavy atom. The van der Waals surface area contributed by atoms with E-state index >= 15 is 0 Å². The lowest BCUT2D eigenvalue weighted by Gasteiger charge is -2.32. The molecule has 2 heterocycles. The summed E-state index contributed by atoms with van der Waals surface area (Å²) in [6.45, 7) is 3.33. The molecule has 0 spiro atoms. The Morgan fingerprint density at radius 3 is 3.20 bits per heavy atom. The normalized spacial score (nSPS) is 18.9. The van der Waals surface area contributed by atoms with Crippen LogP contribution >= 0.6 is 15.9 Å². The van der Waals surface area contributed by atoms with E-state index in [4.69, 9.17) is 4.74 Å². The predicted molar refractivity (Wildman–Crippen MR) is 80.0 cm³/mol. The summed E-state index contributed by atoms with van der Waals surface area (Å²) in [5.41, 5.74) is 0. The minimum Gasteiger partial charge on any atom is -0.472 e. The van der Waals surface area contributed by atoms with Crippen molar-refractivity contribution in [3.63, 3.8) is 0 Å². The standard InChI is InChI=1S/C14H20BrN3O2/c1-11-16-8-6-13(17-11)20-12-4-3-9-18(10-12)14(19)5-2-7-15/h6,8,12H,2-5,7,9-10H2,1H3. The van der Waals surface area contributed by atoms with Crippen LogP contribution in [0.2, 0.25) is 0 Å². The Balaban J connectivity index is 1.88. The third-order valence-electron chi connectivity index (χ3n) is 3.29. The summed E-state index contributed by atoms with van der Waals surface area (Å²) in [5, 5.41) is 0.868. The quantitative estimate of drug-likeness (QED) is 0.771. The molecule has 0 aliphatic carbocycles. The van der Waals surface area contributed by atoms with Crippen molar-refractivity contribution in [2.45, 2.75) is 38.7 Å². The fraction of sp³-hybridized carbons (Fsp3) is 0.643. The van der Waals surface area contributed by atoms with E-state index in [2.05, 4.69) is 25.9 Å². The molecule has 2 rings (SSSR count). The summed E-state index contributed by atoms with van der Waals surface area (Å²) in [7, 11) is 0. The minimum absolute atomic E-state index is 0.0333. The Hall–Kier alpha value is -1.17. The molecule has 1 aliphatic heterocycles. The number of hydrogen-bond donors (Lipinski definition) is 0. The number of aromatic nitrogens is 2. The summed E-state index contributed by atoms with van der Waals surface area (Å²) in [5.74, 6) is 1.51. The summed E-state index contributed by atoms with van der Waals surface area (Å²) in [6, 6.07) is 1.76. The molecule has 6 heteroatoms. The molecule has 0 saturated carbocycles. The van der Waals surface area contributed by atoms with E-state index in [1.165, 1.54) is 0 Å². The van der Waals surface area contributed by atoms with E-state index in [9.17, 15) is 4.79 Å². The largest absolute Gasteiger partial charge is 0.472 e. The molecule has 1 aromatic heterocycles. The second-order valence-corrected chi connectivity index (χ2v) is 5.75. The SMILES string of the molecule is Cc1nccc(OC2CCCN(C(=O)CCCBr)C2)n1. The van der Waals surface area contributed by atoms with Gasteiger partial charge in [0.2, 0.25) is 11.8 Å². The van der Waals surface area contributed by atoms with E-state index in [0.29, 0.717) is 24.7 Å². The number of aryl methyl sites for hydroxylation is 1. The number of carbonyl (C=O) groups is 1. The molecule has 0 bridgehead atoms. The average Bonchev–Trinajstić information content (AvgIpc) is 2.45. The highest BCUT2D eigenvalue weighted by Crippen LogP contribution is 2.17. The number of rotatable bonds is 5. The van der Waals surface area contributed by atoms with Gasteiger partial charge in [0.25, 0.3) is 0 Å². The first-order valence-electron chi connectivity index (χ1n) is 6.99. The van der Waals surface area contributed by atoms with Crippen LogP contribution in [0, 0.1) is 6.92 Å². The van der Waals surface area contributed by atoms with Crippen LogP contribution in [0.5, 0.6) is 5.88 Å². The maximum Gasteiger partial charge on any atom is 0.222 e. The smallest absolute Gasteiger partial charge is 0.222 e. The molecule has 0 N–H and O–H groups in total. The van der Waals surface area contributed by atoms with Crippen LogP contribution in [0.3, 0.4) is 0 Å². The molecule has 5 nitrogen and oxygen atoms in total. The number of amides is 1. The van der Waals surface area contributed by atoms with Crippen LogP contribution in [-0.2, 0) is 4.79 Å². The molecule has 1 atom stereocenters. The highest BCUT2D eigenvalue weighted by Gasteiger charge is 2.24. The molecule has 0 radical (unpaired) electrons. The summed E-state index contributed by atoms with van der Waals surface area (Å²) in [6.07, 6.45) is 5.15. The van der Waals surface area contributed by atoms with Crippen LogP contribution in [0.15, 0.2) is 12.3 Å². The molecule has 0 aromatic carbocycles. The highest BCUT2D eigenvalue weighted by atomic mass is 79.9. The van der Waals surface area contributed by atoms with E-state index in [0.717, 1.165) is 31.1 Å². The number of nitrogens with zero attached hydrogens (tertiary/aromatic N) is 3. The van der Waals surface area contributed by atoms with Crippen molar-refractivity contribution >= 4 is 21.8 Å². The molecular weight excluding hydrogens is 322 g/mol. The first-order chi connectivity index (χ1) is 9.69. The third-order valence-corrected chi connectivity index (χ3v) is 3.85. The number of carbonyl (C=O) groups excluding carboxylic acids is 1. The molecule has 1 amide bonds. The van der Waals surface area contributed by atoms with Gasteiger partial charge in [0.15, 0.2) is 0 Å². The highest BCUT2D eigenvalue weighted by molar-refractivity contribution is 9.09. The number of piperidine rings is 1. The van der Waals surface area contributed by atoms with E-state index in [1.807, 2.05) is 11.8 Å². The lowest BCUT2D eigenvalue weighted by molar-refractivity contribution is -0.133. The number of likely N-dealkylation sites (tertiary alicyclic amines) is 1. The first kappa shape index (κ1) is 15.2. The van der Waals surface area contributed by atoms with Crippen LogP contribution in [0.4, 0.5) is 0 Å². The Morgan fingerprint density at radius 1 is 1.60 bits per heavy atom. The second-order valence-electron chi connectivity index (χ2n) is 4.96. The van der Waals surface area contributed by atoms with Crippen molar-refractivity contribution in [2.75, 3.05) is 18.4 Å². The van der Waals surface area contributed by atoms with Gasteiger partial charge in [-0.1, -0.05) is 15.9 Å². The molecule has 20 heavy (non-hydrogen) atoms. The molecule has 110 valence electrons. The van der Waals surface area contributed by atoms with Crippen molar-refractivity contribution in [2.24, 2.45) is 0 Å². The van der Waals surface area contributed by atoms with Gasteiger partial charge in [-0.2, -0.15) is 4.98 Å². The van der Waals surface area contributed by atoms with Gasteiger partial charge < -0.3 is 9.64 Å². The fourth-order valence-corrected chi connectivity index (χ4v) is 2.59. The number of hydrogen-bond acceptors (Lipinski definition) is 4. The zero-order valence-electron chi connectivity index (χ0n) is 11.7. The van der Waals surface area contributed by atoms with Crippen molar-refractivity contribution in [1.82, 2.24) is 14.9 Å². The zero-order valence-corrected chi connectivity index (χ0v) is 13.3. The van der Waals surface area contributed by atoms with Gasteiger partial charge in [0.1, 0.15) is 11.9 Å². The number of ether oxygens (including phenoxy) is 1. The van der Waals surface area contributed by atoms with Gasteiger partial charge in [-0.15, -0.1) is 0 Å². The summed E-state index contributed by atoms with van der Waals surface area (Å²) in [4.78, 5) is 22.2. The summed E-state index contributed by atoms with van der Waals surface area (Å²) < 4.78 is 5.87. The summed E-state index contributed by atoms with van der Waals surface area (Å²) >= 11 is 3.36. The maximum atomic E-state index is 12.0. The average molecular weight is 342 g/mol. The molecule has 1 aliphatic rings. The molecule has 1 fully saturated rings. The third kappa shape index (κ3) is 4.44. The van der Waals surface area contributed by atoms with Gasteiger partial charge in [0.05, 0.1) is 6.54 Å². The van der Waals surface area contributed by atoms with Gasteiger partial charge in [0, 0.05) is 30.6 Å². The van der Waals surface area contributed by atoms with Crippen molar-refractivity contribution in [3.05, 3.63) is 18.1 Å². The van der Waals surface area contributed by atoms with E-state index in [-0.39, 0.29) is 12.0 Å². The Kier molecular flexibility index (Phi) is 5.76. The van der Waals surface area contributed by atoms with Gasteiger partial charge in [-0.05, 0) is 26.2 Å². The maximum absolute atomic E-state index is 12.0. The minimum atomic E-state index is 0.0333. The van der Waals surface area contributed by atoms with Crippen LogP contribution in [0.25, 0.3) is 0 Å². The number of halogens is 1. The molecule has 1 unspecified atom stereocenters. The van der Waals surface area contributed by atoms with Crippen molar-refractivity contribution in [3.8, 4) is 5.88 Å². The fourth-order valence-electron chi connectivity index (χ4n) is 2.31. The van der Waals surface area contributed by atoms with Crippen LogP contribution in [-0.4, -0.2) is 45.3 Å². The lowest BCUT2D eigenvalue weighted by Crippen LogP contribution is -2.44. The molecule has 1 saturated heterocycles. The molecule has 1 aromatic rings. The Bertz CT molecular complexity index is 456. The first-order valence-corrected chi connectivity index (χ1v) is 8.11. The second kappa shape index (κ2) is 7.57. The van der Waals surface area contributed by atoms with Gasteiger partial charge in [-0.3, -0.25) is 4.79 Å². The molecular formula is C14H20BrN3O2. The zero-order chi connectivity index (χ0) is 14.4. The van der Waals surface area contributed by atoms with Gasteiger partial charge >= 0.3 is 0 Å². The van der Waals surface area contributed by atoms with Crippen molar-refractivity contribution in [1.29, 1.82) is 0 Å². The predicted octanol–water partition coefficient (Wildman–Crippen LogP) is 2.33.